The molecule has 0 spiro atoms. The molecule has 2 rings (SSSR count). The van der Waals surface area contributed by atoms with Gasteiger partial charge in [0.15, 0.2) is 0 Å². The molecule has 0 radical (unpaired) electrons. The lowest BCUT2D eigenvalue weighted by Crippen LogP contribution is -2.52. The highest BCUT2D eigenvalue weighted by molar-refractivity contribution is 5.74. The summed E-state index contributed by atoms with van der Waals surface area (Å²) in [6.45, 7) is 12.0. The minimum atomic E-state index is 0.138. The Labute approximate surface area is 129 Å². The molecule has 4 nitrogen and oxygen atoms in total. The fraction of sp³-hybridized carbons (Fsp3) is 0.824. The van der Waals surface area contributed by atoms with Gasteiger partial charge in [0, 0.05) is 38.3 Å². The van der Waals surface area contributed by atoms with Gasteiger partial charge in [-0.1, -0.05) is 12.5 Å². The highest BCUT2D eigenvalue weighted by Gasteiger charge is 2.27. The van der Waals surface area contributed by atoms with E-state index in [1.165, 1.54) is 19.3 Å². The topological polar surface area (TPSA) is 35.6 Å². The Kier molecular flexibility index (Phi) is 6.09. The van der Waals surface area contributed by atoms with Crippen molar-refractivity contribution in [2.24, 2.45) is 5.92 Å². The van der Waals surface area contributed by atoms with Crippen molar-refractivity contribution in [1.29, 1.82) is 0 Å². The van der Waals surface area contributed by atoms with Crippen molar-refractivity contribution in [2.45, 2.75) is 58.0 Å². The molecule has 21 heavy (non-hydrogen) atoms. The lowest BCUT2D eigenvalue weighted by molar-refractivity contribution is 0.141. The molecule has 1 aliphatic heterocycles. The molecule has 2 aliphatic rings. The van der Waals surface area contributed by atoms with Gasteiger partial charge in [0.25, 0.3) is 0 Å². The molecule has 0 bridgehead atoms. The van der Waals surface area contributed by atoms with Crippen molar-refractivity contribution in [3.63, 3.8) is 0 Å². The smallest absolute Gasteiger partial charge is 0.317 e. The molecule has 1 saturated carbocycles. The second kappa shape index (κ2) is 7.83. The Bertz CT molecular complexity index is 344. The number of hydrogen-bond acceptors (Lipinski definition) is 2. The average Bonchev–Trinajstić information content (AvgIpc) is 2.39. The SMILES string of the molecule is C=CCN1CCC(NC(=O)N(CC2CCC2)C(C)C)CC1. The van der Waals surface area contributed by atoms with Gasteiger partial charge in [-0.25, -0.2) is 4.79 Å². The lowest BCUT2D eigenvalue weighted by atomic mass is 9.85. The second-order valence-electron chi connectivity index (χ2n) is 6.86. The summed E-state index contributed by atoms with van der Waals surface area (Å²) in [7, 11) is 0. The summed E-state index contributed by atoms with van der Waals surface area (Å²) in [5.41, 5.74) is 0. The van der Waals surface area contributed by atoms with Gasteiger partial charge in [-0.15, -0.1) is 6.58 Å². The zero-order chi connectivity index (χ0) is 15.2. The Hall–Kier alpha value is -1.03. The first kappa shape index (κ1) is 16.3. The predicted octanol–water partition coefficient (Wildman–Crippen LogP) is 2.86. The molecular weight excluding hydrogens is 262 g/mol. The molecule has 4 heteroatoms. The van der Waals surface area contributed by atoms with Crippen LogP contribution < -0.4 is 5.32 Å². The summed E-state index contributed by atoms with van der Waals surface area (Å²) in [4.78, 5) is 16.9. The van der Waals surface area contributed by atoms with Crippen molar-refractivity contribution in [2.75, 3.05) is 26.2 Å². The van der Waals surface area contributed by atoms with Crippen molar-refractivity contribution < 1.29 is 4.79 Å². The predicted molar refractivity (Wildman–Crippen MR) is 87.4 cm³/mol. The molecule has 1 heterocycles. The average molecular weight is 293 g/mol. The third-order valence-electron chi connectivity index (χ3n) is 4.87. The largest absolute Gasteiger partial charge is 0.335 e. The first-order chi connectivity index (χ1) is 10.1. The first-order valence-electron chi connectivity index (χ1n) is 8.50. The summed E-state index contributed by atoms with van der Waals surface area (Å²) in [6, 6.07) is 0.756. The van der Waals surface area contributed by atoms with E-state index in [1.54, 1.807) is 0 Å². The summed E-state index contributed by atoms with van der Waals surface area (Å²) >= 11 is 0. The third-order valence-corrected chi connectivity index (χ3v) is 4.87. The van der Waals surface area contributed by atoms with Gasteiger partial charge in [-0.2, -0.15) is 0 Å². The number of likely N-dealkylation sites (tertiary alicyclic amines) is 1. The van der Waals surface area contributed by atoms with Crippen LogP contribution in [0.5, 0.6) is 0 Å². The van der Waals surface area contributed by atoms with Crippen LogP contribution in [0.1, 0.15) is 46.0 Å². The molecular formula is C17H31N3O. The molecule has 0 aromatic carbocycles. The Morgan fingerprint density at radius 3 is 2.48 bits per heavy atom. The highest BCUT2D eigenvalue weighted by atomic mass is 16.2. The molecule has 0 aromatic rings. The van der Waals surface area contributed by atoms with E-state index in [0.717, 1.165) is 44.9 Å². The minimum absolute atomic E-state index is 0.138. The second-order valence-corrected chi connectivity index (χ2v) is 6.86. The molecule has 0 unspecified atom stereocenters. The number of rotatable bonds is 6. The van der Waals surface area contributed by atoms with E-state index < -0.39 is 0 Å². The monoisotopic (exact) mass is 293 g/mol. The maximum absolute atomic E-state index is 12.5. The van der Waals surface area contributed by atoms with Crippen LogP contribution in [-0.4, -0.2) is 54.1 Å². The zero-order valence-corrected chi connectivity index (χ0v) is 13.7. The number of carbonyl (C=O) groups excluding carboxylic acids is 1. The standard InChI is InChI=1S/C17H31N3O/c1-4-10-19-11-8-16(9-12-19)18-17(21)20(14(2)3)13-15-6-5-7-15/h4,14-16H,1,5-13H2,2-3H3,(H,18,21). The third kappa shape index (κ3) is 4.73. The highest BCUT2D eigenvalue weighted by Crippen LogP contribution is 2.27. The summed E-state index contributed by atoms with van der Waals surface area (Å²) in [6.07, 6.45) is 7.97. The van der Waals surface area contributed by atoms with Crippen molar-refractivity contribution >= 4 is 6.03 Å². The van der Waals surface area contributed by atoms with Crippen molar-refractivity contribution in [3.8, 4) is 0 Å². The number of hydrogen-bond donors (Lipinski definition) is 1. The molecule has 2 amide bonds. The number of carbonyl (C=O) groups is 1. The maximum Gasteiger partial charge on any atom is 0.317 e. The van der Waals surface area contributed by atoms with E-state index in [0.29, 0.717) is 6.04 Å². The van der Waals surface area contributed by atoms with Crippen LogP contribution in [0.2, 0.25) is 0 Å². The summed E-state index contributed by atoms with van der Waals surface area (Å²) in [5.74, 6) is 0.729. The van der Waals surface area contributed by atoms with Gasteiger partial charge in [0.05, 0.1) is 0 Å². The van der Waals surface area contributed by atoms with E-state index in [-0.39, 0.29) is 12.1 Å². The molecule has 1 aliphatic carbocycles. The van der Waals surface area contributed by atoms with Gasteiger partial charge in [-0.05, 0) is 45.4 Å². The minimum Gasteiger partial charge on any atom is -0.335 e. The molecule has 0 atom stereocenters. The summed E-state index contributed by atoms with van der Waals surface area (Å²) in [5, 5.41) is 3.25. The summed E-state index contributed by atoms with van der Waals surface area (Å²) < 4.78 is 0. The van der Waals surface area contributed by atoms with Crippen LogP contribution in [-0.2, 0) is 0 Å². The van der Waals surface area contributed by atoms with Crippen LogP contribution >= 0.6 is 0 Å². The molecule has 1 N–H and O–H groups in total. The van der Waals surface area contributed by atoms with E-state index >= 15 is 0 Å². The van der Waals surface area contributed by atoms with E-state index in [1.807, 2.05) is 11.0 Å². The van der Waals surface area contributed by atoms with Gasteiger partial charge in [0.1, 0.15) is 0 Å². The maximum atomic E-state index is 12.5. The molecule has 0 aromatic heterocycles. The van der Waals surface area contributed by atoms with E-state index in [4.69, 9.17) is 0 Å². The van der Waals surface area contributed by atoms with E-state index in [2.05, 4.69) is 30.6 Å². The fourth-order valence-corrected chi connectivity index (χ4v) is 3.18. The number of amides is 2. The van der Waals surface area contributed by atoms with Crippen molar-refractivity contribution in [1.82, 2.24) is 15.1 Å². The normalized spacial score (nSPS) is 21.1. The number of urea groups is 1. The van der Waals surface area contributed by atoms with Crippen LogP contribution in [0.3, 0.4) is 0 Å². The van der Waals surface area contributed by atoms with Crippen LogP contribution in [0.25, 0.3) is 0 Å². The van der Waals surface area contributed by atoms with Crippen LogP contribution in [0.4, 0.5) is 4.79 Å². The van der Waals surface area contributed by atoms with Gasteiger partial charge in [0.2, 0.25) is 0 Å². The number of piperidine rings is 1. The molecule has 2 fully saturated rings. The molecule has 120 valence electrons. The van der Waals surface area contributed by atoms with Gasteiger partial charge >= 0.3 is 6.03 Å². The zero-order valence-electron chi connectivity index (χ0n) is 13.7. The van der Waals surface area contributed by atoms with E-state index in [9.17, 15) is 4.79 Å². The quantitative estimate of drug-likeness (QED) is 0.764. The van der Waals surface area contributed by atoms with Crippen molar-refractivity contribution in [3.05, 3.63) is 12.7 Å². The van der Waals surface area contributed by atoms with Crippen LogP contribution in [0, 0.1) is 5.92 Å². The Balaban J connectivity index is 1.77. The van der Waals surface area contributed by atoms with Gasteiger partial charge < -0.3 is 10.2 Å². The Morgan fingerprint density at radius 1 is 1.33 bits per heavy atom. The first-order valence-corrected chi connectivity index (χ1v) is 8.50. The fourth-order valence-electron chi connectivity index (χ4n) is 3.18. The Morgan fingerprint density at radius 2 is 2.00 bits per heavy atom. The number of nitrogens with zero attached hydrogens (tertiary/aromatic N) is 2. The molecule has 1 saturated heterocycles. The van der Waals surface area contributed by atoms with Gasteiger partial charge in [-0.3, -0.25) is 4.90 Å². The van der Waals surface area contributed by atoms with Crippen LogP contribution in [0.15, 0.2) is 12.7 Å². The number of nitrogens with one attached hydrogen (secondary N) is 1. The lowest BCUT2D eigenvalue weighted by Gasteiger charge is -2.37.